The molecule has 0 N–H and O–H groups in total. The third kappa shape index (κ3) is 15.0. The fourth-order valence-corrected chi connectivity index (χ4v) is 4.57. The van der Waals surface area contributed by atoms with Crippen molar-refractivity contribution in [1.29, 1.82) is 0 Å². The second-order valence-electron chi connectivity index (χ2n) is 19.5. The molecule has 0 spiro atoms. The van der Waals surface area contributed by atoms with E-state index in [-0.39, 0.29) is 68.1 Å². The van der Waals surface area contributed by atoms with Crippen LogP contribution in [-0.2, 0) is 32.5 Å². The Morgan fingerprint density at radius 2 is 0.391 bits per heavy atom. The molecule has 0 atom stereocenters. The Morgan fingerprint density at radius 3 is 0.478 bits per heavy atom. The zero-order valence-electron chi connectivity index (χ0n) is 34.0. The van der Waals surface area contributed by atoms with Gasteiger partial charge in [0.1, 0.15) is 0 Å². The van der Waals surface area contributed by atoms with Crippen LogP contribution in [0.25, 0.3) is 0 Å². The van der Waals surface area contributed by atoms with E-state index in [1.165, 1.54) is 50.1 Å². The van der Waals surface area contributed by atoms with Gasteiger partial charge in [-0.1, -0.05) is 145 Å². The van der Waals surface area contributed by atoms with Crippen molar-refractivity contribution in [2.75, 3.05) is 0 Å². The molecule has 0 radical (unpaired) electrons. The summed E-state index contributed by atoms with van der Waals surface area (Å²) in [6, 6.07) is 24.2. The molecule has 0 saturated heterocycles. The minimum Gasteiger partial charge on any atom is -0.176 e. The van der Waals surface area contributed by atoms with E-state index in [9.17, 15) is 0 Å². The van der Waals surface area contributed by atoms with Crippen molar-refractivity contribution < 1.29 is 35.6 Å². The molecule has 0 bridgehead atoms. The van der Waals surface area contributed by atoms with Crippen LogP contribution >= 0.6 is 0 Å². The van der Waals surface area contributed by atoms with Gasteiger partial charge in [0.25, 0.3) is 0 Å². The Hall–Kier alpha value is -1.15. The van der Waals surface area contributed by atoms with Crippen LogP contribution in [0, 0.1) is 74.6 Å². The van der Waals surface area contributed by atoms with E-state index in [1.807, 2.05) is 0 Å². The summed E-state index contributed by atoms with van der Waals surface area (Å²) >= 11 is 0. The first-order valence-corrected chi connectivity index (χ1v) is 17.0. The predicted molar refractivity (Wildman–Crippen MR) is 202 cm³/mol. The molecule has 0 aliphatic carbocycles. The Balaban J connectivity index is 0.000000653. The smallest absolute Gasteiger partial charge is 0.176 e. The van der Waals surface area contributed by atoms with E-state index in [0.717, 1.165) is 0 Å². The summed E-state index contributed by atoms with van der Waals surface area (Å²) < 4.78 is 0. The van der Waals surface area contributed by atoms with Crippen molar-refractivity contribution in [1.82, 2.24) is 0 Å². The van der Waals surface area contributed by atoms with Gasteiger partial charge in [0, 0.05) is 0 Å². The Bertz CT molecular complexity index is 1120. The van der Waals surface area contributed by atoms with Gasteiger partial charge in [-0.15, -0.1) is 0 Å². The molecule has 0 nitrogen and oxygen atoms in total. The third-order valence-electron chi connectivity index (χ3n) is 7.89. The number of hydrogen-bond acceptors (Lipinski definition) is 0. The molecule has 3 rings (SSSR count). The average molecular weight is 749 g/mol. The quantitative estimate of drug-likeness (QED) is 0.201. The van der Waals surface area contributed by atoms with Gasteiger partial charge in [0.2, 0.25) is 0 Å². The maximum absolute atomic E-state index is 3.57. The minimum absolute atomic E-state index is 0. The fraction of sp³-hybridized carbons (Fsp3) is 0.600. The molecule has 0 amide bonds. The van der Waals surface area contributed by atoms with E-state index in [2.05, 4.69) is 200 Å². The van der Waals surface area contributed by atoms with Crippen LogP contribution in [0.3, 0.4) is 0 Å². The van der Waals surface area contributed by atoms with Crippen LogP contribution in [0.15, 0.2) is 36.4 Å². The molecule has 0 saturated carbocycles. The molecule has 0 aromatic heterocycles. The summed E-state index contributed by atoms with van der Waals surface area (Å²) in [6.07, 6.45) is 0. The summed E-state index contributed by atoms with van der Waals surface area (Å²) in [4.78, 5) is 0. The monoisotopic (exact) mass is 748 g/mol. The maximum Gasteiger partial charge on any atom is 3.00 e. The zero-order chi connectivity index (χ0) is 35.6. The molecule has 0 fully saturated rings. The second-order valence-corrected chi connectivity index (χ2v) is 19.5. The molecule has 1 heteroatoms. The number of benzene rings is 3. The Labute approximate surface area is 316 Å². The van der Waals surface area contributed by atoms with Crippen LogP contribution in [0.5, 0.6) is 0 Å². The van der Waals surface area contributed by atoms with Gasteiger partial charge in [-0.05, 0) is 32.5 Å². The summed E-state index contributed by atoms with van der Waals surface area (Å²) in [6.45, 7) is 46.8. The summed E-state index contributed by atoms with van der Waals surface area (Å²) in [5.74, 6) is 0. The van der Waals surface area contributed by atoms with Crippen molar-refractivity contribution in [2.45, 2.75) is 178 Å². The summed E-state index contributed by atoms with van der Waals surface area (Å²) in [5.41, 5.74) is 13.0. The molecule has 0 aliphatic heterocycles. The third-order valence-corrected chi connectivity index (χ3v) is 7.89. The van der Waals surface area contributed by atoms with E-state index < -0.39 is 0 Å². The van der Waals surface area contributed by atoms with Gasteiger partial charge in [-0.2, -0.15) is 105 Å². The van der Waals surface area contributed by atoms with Crippen molar-refractivity contribution in [2.24, 2.45) is 0 Å². The van der Waals surface area contributed by atoms with Gasteiger partial charge in [0.15, 0.2) is 0 Å². The van der Waals surface area contributed by atoms with E-state index in [1.54, 1.807) is 0 Å². The second kappa shape index (κ2) is 16.0. The molecule has 0 unspecified atom stereocenters. The minimum atomic E-state index is 0. The van der Waals surface area contributed by atoms with Gasteiger partial charge >= 0.3 is 35.6 Å². The molecule has 0 heterocycles. The molecule has 0 aliphatic rings. The van der Waals surface area contributed by atoms with Crippen LogP contribution < -0.4 is 0 Å². The Kier molecular flexibility index (Phi) is 15.6. The molecule has 252 valence electrons. The van der Waals surface area contributed by atoms with Crippen LogP contribution in [0.1, 0.15) is 175 Å². The van der Waals surface area contributed by atoms with E-state index in [0.29, 0.717) is 0 Å². The van der Waals surface area contributed by atoms with E-state index in [4.69, 9.17) is 0 Å². The molecule has 3 aromatic rings. The summed E-state index contributed by atoms with van der Waals surface area (Å²) in [5, 5.41) is 0. The van der Waals surface area contributed by atoms with Crippen molar-refractivity contribution in [3.8, 4) is 0 Å². The molecule has 3 aromatic carbocycles. The van der Waals surface area contributed by atoms with Crippen molar-refractivity contribution >= 4 is 0 Å². The zero-order valence-corrected chi connectivity index (χ0v) is 37.7. The topological polar surface area (TPSA) is 0 Å². The van der Waals surface area contributed by atoms with Crippen molar-refractivity contribution in [3.05, 3.63) is 105 Å². The largest absolute Gasteiger partial charge is 3.00 e. The molecular weight excluding hydrogens is 679 g/mol. The SMILES string of the molecule is Cc1cc(C(C)(C)C)[c-]c(C(C)(C)C)c1.Cc1cc(C(C)(C)C)[c-]c(C(C)(C)C)c1.Cc1cc(C(C)(C)C)[c-]c(C(C)(C)C)c1.[La+3]. The standard InChI is InChI=1S/3C15H23.La/c3*1-11-8-12(14(2,3)4)10-13(9-11)15(5,6)7;/h3*8-9H,1-7H3;/q3*-1;+3. The van der Waals surface area contributed by atoms with Gasteiger partial charge in [0.05, 0.1) is 0 Å². The van der Waals surface area contributed by atoms with Crippen LogP contribution in [0.2, 0.25) is 0 Å². The van der Waals surface area contributed by atoms with Crippen LogP contribution in [-0.4, -0.2) is 0 Å². The van der Waals surface area contributed by atoms with Crippen molar-refractivity contribution in [3.63, 3.8) is 0 Å². The predicted octanol–water partition coefficient (Wildman–Crippen LogP) is 13.2. The maximum atomic E-state index is 3.57. The van der Waals surface area contributed by atoms with Gasteiger partial charge in [-0.25, -0.2) is 0 Å². The normalized spacial score (nSPS) is 12.7. The van der Waals surface area contributed by atoms with Gasteiger partial charge < -0.3 is 0 Å². The first kappa shape index (κ1) is 44.9. The Morgan fingerprint density at radius 1 is 0.283 bits per heavy atom. The molecular formula is C45H69La. The van der Waals surface area contributed by atoms with E-state index >= 15 is 0 Å². The first-order chi connectivity index (χ1) is 19.8. The molecule has 46 heavy (non-hydrogen) atoms. The number of rotatable bonds is 0. The number of hydrogen-bond donors (Lipinski definition) is 0. The number of aryl methyl sites for hydroxylation is 3. The average Bonchev–Trinajstić information content (AvgIpc) is 2.80. The van der Waals surface area contributed by atoms with Crippen LogP contribution in [0.4, 0.5) is 0 Å². The van der Waals surface area contributed by atoms with Gasteiger partial charge in [-0.3, -0.25) is 0 Å². The first-order valence-electron chi connectivity index (χ1n) is 17.0. The fourth-order valence-electron chi connectivity index (χ4n) is 4.57. The summed E-state index contributed by atoms with van der Waals surface area (Å²) in [7, 11) is 0.